The predicted molar refractivity (Wildman–Crippen MR) is 68.5 cm³/mol. The fourth-order valence-corrected chi connectivity index (χ4v) is 1.57. The second-order valence-corrected chi connectivity index (χ2v) is 3.97. The average Bonchev–Trinajstić information content (AvgIpc) is 2.73. The number of hydrogen-bond acceptors (Lipinski definition) is 5. The van der Waals surface area contributed by atoms with Crippen LogP contribution in [-0.2, 0) is 13.6 Å². The van der Waals surface area contributed by atoms with Crippen molar-refractivity contribution >= 4 is 23.0 Å². The molecule has 0 aliphatic rings. The number of nitrogens with two attached hydrogens (primary N) is 1. The van der Waals surface area contributed by atoms with Crippen molar-refractivity contribution < 1.29 is 0 Å². The van der Waals surface area contributed by atoms with Crippen LogP contribution in [0, 0.1) is 0 Å². The van der Waals surface area contributed by atoms with Crippen LogP contribution >= 0.6 is 12.2 Å². The average molecular weight is 248 g/mol. The van der Waals surface area contributed by atoms with Gasteiger partial charge < -0.3 is 11.1 Å². The quantitative estimate of drug-likeness (QED) is 0.765. The molecule has 0 saturated carbocycles. The van der Waals surface area contributed by atoms with Crippen molar-refractivity contribution in [2.75, 3.05) is 5.32 Å². The van der Waals surface area contributed by atoms with E-state index in [1.807, 2.05) is 13.2 Å². The zero-order chi connectivity index (χ0) is 12.3. The van der Waals surface area contributed by atoms with Crippen molar-refractivity contribution in [3.63, 3.8) is 0 Å². The Morgan fingerprint density at radius 1 is 1.59 bits per heavy atom. The summed E-state index contributed by atoms with van der Waals surface area (Å²) in [4.78, 5) is 0.300. The van der Waals surface area contributed by atoms with Crippen molar-refractivity contribution in [1.29, 1.82) is 0 Å². The number of aryl methyl sites for hydroxylation is 1. The van der Waals surface area contributed by atoms with Gasteiger partial charge in [0.2, 0.25) is 0 Å². The number of nitrogens with zero attached hydrogens (tertiary/aromatic N) is 4. The van der Waals surface area contributed by atoms with Crippen LogP contribution in [0.1, 0.15) is 11.1 Å². The van der Waals surface area contributed by atoms with Gasteiger partial charge in [0.15, 0.2) is 5.82 Å². The van der Waals surface area contributed by atoms with Crippen molar-refractivity contribution in [1.82, 2.24) is 20.0 Å². The summed E-state index contributed by atoms with van der Waals surface area (Å²) in [6, 6.07) is 1.74. The summed E-state index contributed by atoms with van der Waals surface area (Å²) in [6.45, 7) is 0.599. The molecule has 0 amide bonds. The van der Waals surface area contributed by atoms with Gasteiger partial charge in [-0.3, -0.25) is 4.68 Å². The van der Waals surface area contributed by atoms with Gasteiger partial charge in [-0.05, 0) is 6.07 Å². The first kappa shape index (κ1) is 11.5. The molecule has 0 atom stereocenters. The van der Waals surface area contributed by atoms with E-state index in [1.165, 1.54) is 0 Å². The normalized spacial score (nSPS) is 10.2. The van der Waals surface area contributed by atoms with Gasteiger partial charge >= 0.3 is 0 Å². The van der Waals surface area contributed by atoms with Crippen LogP contribution < -0.4 is 11.1 Å². The van der Waals surface area contributed by atoms with E-state index in [4.69, 9.17) is 18.0 Å². The molecular weight excluding hydrogens is 236 g/mol. The molecule has 0 unspecified atom stereocenters. The molecule has 6 nitrogen and oxygen atoms in total. The lowest BCUT2D eigenvalue weighted by molar-refractivity contribution is 0.767. The molecule has 0 radical (unpaired) electrons. The standard InChI is InChI=1S/C10H12N6S/c1-16-6-7(5-14-16)4-12-10-8(9(11)17)2-3-13-15-10/h2-3,5-6H,4H2,1H3,(H2,11,17)(H,12,15). The van der Waals surface area contributed by atoms with Crippen molar-refractivity contribution in [3.05, 3.63) is 35.8 Å². The lowest BCUT2D eigenvalue weighted by atomic mass is 10.2. The Balaban J connectivity index is 2.11. The molecule has 7 heteroatoms. The third-order valence-electron chi connectivity index (χ3n) is 2.20. The molecule has 0 saturated heterocycles. The number of aromatic nitrogens is 4. The summed E-state index contributed by atoms with van der Waals surface area (Å²) in [5.41, 5.74) is 7.34. The Hall–Kier alpha value is -2.02. The molecule has 2 heterocycles. The molecular formula is C10H12N6S. The maximum absolute atomic E-state index is 5.59. The summed E-state index contributed by atoms with van der Waals surface area (Å²) < 4.78 is 1.74. The van der Waals surface area contributed by atoms with Crippen LogP contribution in [0.25, 0.3) is 0 Å². The third-order valence-corrected chi connectivity index (χ3v) is 2.42. The first-order valence-corrected chi connectivity index (χ1v) is 5.40. The number of rotatable bonds is 4. The monoisotopic (exact) mass is 248 g/mol. The van der Waals surface area contributed by atoms with Crippen molar-refractivity contribution in [2.24, 2.45) is 12.8 Å². The maximum Gasteiger partial charge on any atom is 0.159 e. The van der Waals surface area contributed by atoms with Crippen LogP contribution in [-0.4, -0.2) is 25.0 Å². The number of thiocarbonyl (C=S) groups is 1. The molecule has 0 spiro atoms. The summed E-state index contributed by atoms with van der Waals surface area (Å²) in [7, 11) is 1.87. The molecule has 0 aliphatic carbocycles. The molecule has 88 valence electrons. The molecule has 0 aromatic carbocycles. The van der Waals surface area contributed by atoms with Gasteiger partial charge in [-0.1, -0.05) is 12.2 Å². The van der Waals surface area contributed by atoms with Gasteiger partial charge in [-0.15, -0.1) is 5.10 Å². The van der Waals surface area contributed by atoms with Crippen molar-refractivity contribution in [2.45, 2.75) is 6.54 Å². The molecule has 3 N–H and O–H groups in total. The lowest BCUT2D eigenvalue weighted by Gasteiger charge is -2.07. The summed E-state index contributed by atoms with van der Waals surface area (Å²) >= 11 is 4.94. The van der Waals surface area contributed by atoms with E-state index in [0.29, 0.717) is 22.9 Å². The SMILES string of the molecule is Cn1cc(CNc2nnccc2C(N)=S)cn1. The molecule has 2 rings (SSSR count). The first-order valence-electron chi connectivity index (χ1n) is 4.99. The van der Waals surface area contributed by atoms with Gasteiger partial charge in [0.1, 0.15) is 4.99 Å². The minimum absolute atomic E-state index is 0.300. The molecule has 0 bridgehead atoms. The minimum Gasteiger partial charge on any atom is -0.389 e. The highest BCUT2D eigenvalue weighted by molar-refractivity contribution is 7.80. The summed E-state index contributed by atoms with van der Waals surface area (Å²) in [6.07, 6.45) is 5.26. The van der Waals surface area contributed by atoms with Crippen LogP contribution in [0.3, 0.4) is 0 Å². The summed E-state index contributed by atoms with van der Waals surface area (Å²) in [5, 5.41) is 15.0. The topological polar surface area (TPSA) is 81.7 Å². The van der Waals surface area contributed by atoms with E-state index >= 15 is 0 Å². The Morgan fingerprint density at radius 3 is 3.06 bits per heavy atom. The van der Waals surface area contributed by atoms with Gasteiger partial charge in [0.25, 0.3) is 0 Å². The van der Waals surface area contributed by atoms with E-state index in [2.05, 4.69) is 20.6 Å². The molecule has 0 aliphatic heterocycles. The fraction of sp³-hybridized carbons (Fsp3) is 0.200. The van der Waals surface area contributed by atoms with Gasteiger partial charge in [-0.25, -0.2) is 0 Å². The van der Waals surface area contributed by atoms with Crippen LogP contribution in [0.15, 0.2) is 24.7 Å². The molecule has 0 fully saturated rings. The number of nitrogens with one attached hydrogen (secondary N) is 1. The zero-order valence-corrected chi connectivity index (χ0v) is 10.1. The lowest BCUT2D eigenvalue weighted by Crippen LogP contribution is -2.14. The fourth-order valence-electron chi connectivity index (χ4n) is 1.41. The predicted octanol–water partition coefficient (Wildman–Crippen LogP) is 0.456. The molecule has 2 aromatic heterocycles. The second-order valence-electron chi connectivity index (χ2n) is 3.53. The van der Waals surface area contributed by atoms with E-state index in [9.17, 15) is 0 Å². The maximum atomic E-state index is 5.59. The van der Waals surface area contributed by atoms with E-state index in [0.717, 1.165) is 5.56 Å². The molecule has 2 aromatic rings. The highest BCUT2D eigenvalue weighted by Gasteiger charge is 2.06. The zero-order valence-electron chi connectivity index (χ0n) is 9.29. The number of hydrogen-bond donors (Lipinski definition) is 2. The van der Waals surface area contributed by atoms with Crippen LogP contribution in [0.5, 0.6) is 0 Å². The Labute approximate surface area is 104 Å². The van der Waals surface area contributed by atoms with Gasteiger partial charge in [-0.2, -0.15) is 10.2 Å². The minimum atomic E-state index is 0.300. The highest BCUT2D eigenvalue weighted by atomic mass is 32.1. The second kappa shape index (κ2) is 4.88. The first-order chi connectivity index (χ1) is 8.16. The van der Waals surface area contributed by atoms with E-state index < -0.39 is 0 Å². The van der Waals surface area contributed by atoms with Crippen LogP contribution in [0.2, 0.25) is 0 Å². The largest absolute Gasteiger partial charge is 0.389 e. The van der Waals surface area contributed by atoms with Gasteiger partial charge in [0, 0.05) is 25.4 Å². The molecule has 17 heavy (non-hydrogen) atoms. The smallest absolute Gasteiger partial charge is 0.159 e. The summed E-state index contributed by atoms with van der Waals surface area (Å²) in [5.74, 6) is 0.587. The Bertz CT molecular complexity index is 535. The third kappa shape index (κ3) is 2.76. The Morgan fingerprint density at radius 2 is 2.41 bits per heavy atom. The van der Waals surface area contributed by atoms with E-state index in [1.54, 1.807) is 23.1 Å². The van der Waals surface area contributed by atoms with Crippen molar-refractivity contribution in [3.8, 4) is 0 Å². The number of anilines is 1. The Kier molecular flexibility index (Phi) is 3.29. The highest BCUT2D eigenvalue weighted by Crippen LogP contribution is 2.11. The van der Waals surface area contributed by atoms with E-state index in [-0.39, 0.29) is 0 Å². The van der Waals surface area contributed by atoms with Gasteiger partial charge in [0.05, 0.1) is 18.0 Å². The van der Waals surface area contributed by atoms with Crippen LogP contribution in [0.4, 0.5) is 5.82 Å².